The lowest BCUT2D eigenvalue weighted by molar-refractivity contribution is -0.146. The van der Waals surface area contributed by atoms with E-state index in [-0.39, 0.29) is 5.91 Å². The number of carboxylic acid groups (broad SMARTS) is 1. The second-order valence-electron chi connectivity index (χ2n) is 4.61. The lowest BCUT2D eigenvalue weighted by Crippen LogP contribution is -2.34. The summed E-state index contributed by atoms with van der Waals surface area (Å²) in [5.41, 5.74) is 6.80. The van der Waals surface area contributed by atoms with Crippen molar-refractivity contribution in [2.45, 2.75) is 12.8 Å². The van der Waals surface area contributed by atoms with Crippen molar-refractivity contribution in [1.82, 2.24) is 0 Å². The number of rotatable bonds is 3. The first kappa shape index (κ1) is 13.1. The van der Waals surface area contributed by atoms with Gasteiger partial charge in [0.25, 0.3) is 0 Å². The molecule has 2 atom stereocenters. The molecule has 2 unspecified atom stereocenters. The first-order chi connectivity index (χ1) is 9.08. The van der Waals surface area contributed by atoms with Crippen LogP contribution >= 0.6 is 0 Å². The Hall–Kier alpha value is -2.30. The number of anilines is 2. The topological polar surface area (TPSA) is 92.4 Å². The van der Waals surface area contributed by atoms with Crippen LogP contribution in [-0.2, 0) is 9.59 Å². The molecule has 0 bridgehead atoms. The summed E-state index contributed by atoms with van der Waals surface area (Å²) in [6.45, 7) is 0. The highest BCUT2D eigenvalue weighted by Crippen LogP contribution is 2.27. The van der Waals surface area contributed by atoms with Crippen molar-refractivity contribution >= 4 is 23.3 Å². The Morgan fingerprint density at radius 2 is 1.68 bits per heavy atom. The van der Waals surface area contributed by atoms with Crippen molar-refractivity contribution in [3.8, 4) is 0 Å². The highest BCUT2D eigenvalue weighted by atomic mass is 16.4. The Labute approximate surface area is 111 Å². The fourth-order valence-corrected chi connectivity index (χ4v) is 2.18. The molecule has 5 nitrogen and oxygen atoms in total. The van der Waals surface area contributed by atoms with E-state index in [9.17, 15) is 9.59 Å². The molecule has 0 heterocycles. The predicted molar refractivity (Wildman–Crippen MR) is 72.5 cm³/mol. The van der Waals surface area contributed by atoms with E-state index in [1.54, 1.807) is 24.3 Å². The number of carbonyl (C=O) groups is 2. The van der Waals surface area contributed by atoms with Gasteiger partial charge in [0.2, 0.25) is 5.91 Å². The van der Waals surface area contributed by atoms with Gasteiger partial charge < -0.3 is 16.2 Å². The molecule has 0 aromatic heterocycles. The van der Waals surface area contributed by atoms with Gasteiger partial charge in [0.15, 0.2) is 0 Å². The molecule has 0 aliphatic heterocycles. The van der Waals surface area contributed by atoms with Crippen LogP contribution in [-0.4, -0.2) is 17.0 Å². The third-order valence-corrected chi connectivity index (χ3v) is 3.26. The van der Waals surface area contributed by atoms with Gasteiger partial charge in [-0.2, -0.15) is 0 Å². The Balaban J connectivity index is 2.08. The number of hydrogen-bond donors (Lipinski definition) is 3. The van der Waals surface area contributed by atoms with Crippen LogP contribution in [0.4, 0.5) is 11.4 Å². The van der Waals surface area contributed by atoms with E-state index in [0.717, 1.165) is 0 Å². The lowest BCUT2D eigenvalue weighted by Gasteiger charge is -2.24. The van der Waals surface area contributed by atoms with Crippen molar-refractivity contribution in [3.05, 3.63) is 36.4 Å². The number of benzene rings is 1. The second-order valence-corrected chi connectivity index (χ2v) is 4.61. The zero-order chi connectivity index (χ0) is 13.8. The summed E-state index contributed by atoms with van der Waals surface area (Å²) in [7, 11) is 0. The molecule has 0 radical (unpaired) electrons. The van der Waals surface area contributed by atoms with Crippen LogP contribution in [0.25, 0.3) is 0 Å². The van der Waals surface area contributed by atoms with Crippen LogP contribution in [0.15, 0.2) is 36.4 Å². The summed E-state index contributed by atoms with van der Waals surface area (Å²) < 4.78 is 0. The largest absolute Gasteiger partial charge is 0.481 e. The minimum Gasteiger partial charge on any atom is -0.481 e. The summed E-state index contributed by atoms with van der Waals surface area (Å²) in [4.78, 5) is 23.3. The molecule has 0 saturated heterocycles. The number of aliphatic carboxylic acids is 1. The van der Waals surface area contributed by atoms with E-state index in [1.165, 1.54) is 0 Å². The number of allylic oxidation sites excluding steroid dienone is 2. The zero-order valence-electron chi connectivity index (χ0n) is 10.4. The van der Waals surface area contributed by atoms with Crippen molar-refractivity contribution < 1.29 is 14.7 Å². The van der Waals surface area contributed by atoms with Crippen molar-refractivity contribution in [2.75, 3.05) is 11.1 Å². The summed E-state index contributed by atoms with van der Waals surface area (Å²) in [5.74, 6) is -2.37. The fourth-order valence-electron chi connectivity index (χ4n) is 2.18. The standard InChI is InChI=1S/C14H16N2O3/c15-9-5-7-10(8-6-9)16-13(17)11-3-1-2-4-12(11)14(18)19/h1-2,5-8,11-12H,3-4,15H2,(H,16,17)(H,18,19). The van der Waals surface area contributed by atoms with Gasteiger partial charge in [-0.05, 0) is 37.1 Å². The molecule has 2 rings (SSSR count). The van der Waals surface area contributed by atoms with Crippen LogP contribution in [0.3, 0.4) is 0 Å². The molecule has 0 saturated carbocycles. The summed E-state index contributed by atoms with van der Waals surface area (Å²) in [6.07, 6.45) is 4.52. The Kier molecular flexibility index (Phi) is 3.85. The van der Waals surface area contributed by atoms with E-state index in [0.29, 0.717) is 24.2 Å². The number of carboxylic acids is 1. The number of nitrogens with one attached hydrogen (secondary N) is 1. The van der Waals surface area contributed by atoms with Crippen LogP contribution < -0.4 is 11.1 Å². The molecule has 4 N–H and O–H groups in total. The maximum absolute atomic E-state index is 12.1. The monoisotopic (exact) mass is 260 g/mol. The average molecular weight is 260 g/mol. The quantitative estimate of drug-likeness (QED) is 0.571. The average Bonchev–Trinajstić information content (AvgIpc) is 2.41. The minimum atomic E-state index is -0.929. The maximum Gasteiger partial charge on any atom is 0.307 e. The Morgan fingerprint density at radius 1 is 1.11 bits per heavy atom. The molecule has 1 amide bonds. The molecule has 1 aliphatic carbocycles. The van der Waals surface area contributed by atoms with E-state index in [2.05, 4.69) is 5.32 Å². The normalized spacial score (nSPS) is 21.9. The fraction of sp³-hybridized carbons (Fsp3) is 0.286. The molecule has 19 heavy (non-hydrogen) atoms. The SMILES string of the molecule is Nc1ccc(NC(=O)C2CC=CCC2C(=O)O)cc1. The van der Waals surface area contributed by atoms with Crippen molar-refractivity contribution in [1.29, 1.82) is 0 Å². The van der Waals surface area contributed by atoms with Gasteiger partial charge in [0, 0.05) is 11.4 Å². The Morgan fingerprint density at radius 3 is 2.26 bits per heavy atom. The van der Waals surface area contributed by atoms with Crippen molar-refractivity contribution in [2.24, 2.45) is 11.8 Å². The van der Waals surface area contributed by atoms with E-state index in [4.69, 9.17) is 10.8 Å². The molecule has 1 aromatic carbocycles. The third-order valence-electron chi connectivity index (χ3n) is 3.26. The van der Waals surface area contributed by atoms with E-state index >= 15 is 0 Å². The van der Waals surface area contributed by atoms with Crippen LogP contribution in [0.1, 0.15) is 12.8 Å². The Bertz CT molecular complexity index is 508. The smallest absolute Gasteiger partial charge is 0.307 e. The van der Waals surface area contributed by atoms with Gasteiger partial charge in [0.05, 0.1) is 11.8 Å². The summed E-state index contributed by atoms with van der Waals surface area (Å²) in [5, 5.41) is 11.9. The molecule has 100 valence electrons. The summed E-state index contributed by atoms with van der Waals surface area (Å²) in [6, 6.07) is 6.76. The highest BCUT2D eigenvalue weighted by molar-refractivity contribution is 5.95. The number of nitrogens with two attached hydrogens (primary N) is 1. The highest BCUT2D eigenvalue weighted by Gasteiger charge is 2.33. The van der Waals surface area contributed by atoms with Gasteiger partial charge in [-0.25, -0.2) is 0 Å². The molecular weight excluding hydrogens is 244 g/mol. The van der Waals surface area contributed by atoms with E-state index in [1.807, 2.05) is 12.2 Å². The van der Waals surface area contributed by atoms with Gasteiger partial charge in [-0.15, -0.1) is 0 Å². The van der Waals surface area contributed by atoms with E-state index < -0.39 is 17.8 Å². The second kappa shape index (κ2) is 5.56. The zero-order valence-corrected chi connectivity index (χ0v) is 10.4. The molecular formula is C14H16N2O3. The van der Waals surface area contributed by atoms with Crippen LogP contribution in [0.2, 0.25) is 0 Å². The molecule has 1 aromatic rings. The summed E-state index contributed by atoms with van der Waals surface area (Å²) >= 11 is 0. The minimum absolute atomic E-state index is 0.262. The van der Waals surface area contributed by atoms with Gasteiger partial charge in [-0.1, -0.05) is 12.2 Å². The molecule has 5 heteroatoms. The molecule has 0 fully saturated rings. The number of amides is 1. The van der Waals surface area contributed by atoms with Crippen molar-refractivity contribution in [3.63, 3.8) is 0 Å². The number of hydrogen-bond acceptors (Lipinski definition) is 3. The van der Waals surface area contributed by atoms with Crippen LogP contribution in [0.5, 0.6) is 0 Å². The maximum atomic E-state index is 12.1. The molecule has 1 aliphatic rings. The number of carbonyl (C=O) groups excluding carboxylic acids is 1. The first-order valence-electron chi connectivity index (χ1n) is 6.12. The van der Waals surface area contributed by atoms with Gasteiger partial charge in [-0.3, -0.25) is 9.59 Å². The van der Waals surface area contributed by atoms with Gasteiger partial charge in [0.1, 0.15) is 0 Å². The number of nitrogen functional groups attached to an aromatic ring is 1. The third kappa shape index (κ3) is 3.13. The predicted octanol–water partition coefficient (Wildman–Crippen LogP) is 1.87. The molecule has 0 spiro atoms. The van der Waals surface area contributed by atoms with Gasteiger partial charge >= 0.3 is 5.97 Å². The van der Waals surface area contributed by atoms with Crippen LogP contribution in [0, 0.1) is 11.8 Å². The lowest BCUT2D eigenvalue weighted by atomic mass is 9.82. The first-order valence-corrected chi connectivity index (χ1v) is 6.12.